The highest BCUT2D eigenvalue weighted by atomic mass is 79.9. The summed E-state index contributed by atoms with van der Waals surface area (Å²) in [6.45, 7) is 1.99. The Hall–Kier alpha value is -2.23. The topological polar surface area (TPSA) is 96.9 Å². The molecular weight excluding hydrogens is 484 g/mol. The lowest BCUT2D eigenvalue weighted by Gasteiger charge is -2.19. The van der Waals surface area contributed by atoms with Crippen LogP contribution in [0.3, 0.4) is 0 Å². The van der Waals surface area contributed by atoms with Crippen LogP contribution in [-0.4, -0.2) is 48.8 Å². The molecule has 2 aromatic rings. The summed E-state index contributed by atoms with van der Waals surface area (Å²) in [6, 6.07) is 10.3. The van der Waals surface area contributed by atoms with Gasteiger partial charge < -0.3 is 25.2 Å². The van der Waals surface area contributed by atoms with E-state index in [2.05, 4.69) is 26.6 Å². The number of benzene rings is 2. The predicted octanol–water partition coefficient (Wildman–Crippen LogP) is 4.08. The Morgan fingerprint density at radius 2 is 1.90 bits per heavy atom. The summed E-state index contributed by atoms with van der Waals surface area (Å²) in [5.41, 5.74) is 2.46. The molecule has 1 amide bonds. The van der Waals surface area contributed by atoms with E-state index in [0.29, 0.717) is 29.2 Å². The minimum absolute atomic E-state index is 0.220. The first-order chi connectivity index (χ1) is 14.8. The van der Waals surface area contributed by atoms with E-state index in [1.807, 2.05) is 37.4 Å². The number of carbonyl (C=O) groups excluding carboxylic acids is 1. The predicted molar refractivity (Wildman–Crippen MR) is 127 cm³/mol. The van der Waals surface area contributed by atoms with Crippen molar-refractivity contribution in [1.29, 1.82) is 0 Å². The SMILES string of the molecule is COc1ccc(Br)c(CNC(CCSC)C(=O)O)c1OCC(=O)Nc1ccc(C)cc1. The van der Waals surface area contributed by atoms with Crippen molar-refractivity contribution in [1.82, 2.24) is 5.32 Å². The van der Waals surface area contributed by atoms with Gasteiger partial charge in [-0.3, -0.25) is 9.59 Å². The van der Waals surface area contributed by atoms with Crippen LogP contribution >= 0.6 is 27.7 Å². The van der Waals surface area contributed by atoms with Crippen molar-refractivity contribution in [2.45, 2.75) is 25.9 Å². The number of rotatable bonds is 12. The van der Waals surface area contributed by atoms with Gasteiger partial charge in [-0.2, -0.15) is 11.8 Å². The standard InChI is InChI=1S/C22H27BrN2O5S/c1-14-4-6-15(7-5-14)25-20(26)13-30-21-16(17(23)8-9-19(21)29-2)12-24-18(22(27)28)10-11-31-3/h4-9,18,24H,10-13H2,1-3H3,(H,25,26)(H,27,28). The molecule has 168 valence electrons. The maximum Gasteiger partial charge on any atom is 0.320 e. The first-order valence-electron chi connectivity index (χ1n) is 9.65. The second kappa shape index (κ2) is 12.6. The molecule has 7 nitrogen and oxygen atoms in total. The van der Waals surface area contributed by atoms with Crippen molar-refractivity contribution in [3.63, 3.8) is 0 Å². The van der Waals surface area contributed by atoms with E-state index < -0.39 is 12.0 Å². The summed E-state index contributed by atoms with van der Waals surface area (Å²) in [4.78, 5) is 23.9. The number of carboxylic acids is 1. The number of aryl methyl sites for hydroxylation is 1. The molecule has 0 aromatic heterocycles. The lowest BCUT2D eigenvalue weighted by atomic mass is 10.1. The van der Waals surface area contributed by atoms with E-state index in [0.717, 1.165) is 15.8 Å². The molecule has 0 radical (unpaired) electrons. The number of ether oxygens (including phenoxy) is 2. The van der Waals surface area contributed by atoms with Crippen LogP contribution in [0.4, 0.5) is 5.69 Å². The number of carbonyl (C=O) groups is 2. The lowest BCUT2D eigenvalue weighted by Crippen LogP contribution is -2.37. The summed E-state index contributed by atoms with van der Waals surface area (Å²) in [6.07, 6.45) is 2.43. The molecule has 0 aliphatic heterocycles. The molecule has 0 fully saturated rings. The highest BCUT2D eigenvalue weighted by molar-refractivity contribution is 9.10. The summed E-state index contributed by atoms with van der Waals surface area (Å²) in [5.74, 6) is 0.351. The van der Waals surface area contributed by atoms with Gasteiger partial charge in [0.05, 0.1) is 7.11 Å². The van der Waals surface area contributed by atoms with Crippen LogP contribution in [0.5, 0.6) is 11.5 Å². The molecule has 0 heterocycles. The zero-order chi connectivity index (χ0) is 22.8. The second-order valence-corrected chi connectivity index (χ2v) is 8.65. The van der Waals surface area contributed by atoms with E-state index in [-0.39, 0.29) is 19.1 Å². The average Bonchev–Trinajstić information content (AvgIpc) is 2.74. The first kappa shape index (κ1) is 25.0. The molecule has 0 saturated heterocycles. The van der Waals surface area contributed by atoms with Crippen molar-refractivity contribution in [3.05, 3.63) is 52.0 Å². The number of anilines is 1. The number of hydrogen-bond acceptors (Lipinski definition) is 6. The smallest absolute Gasteiger partial charge is 0.320 e. The number of amides is 1. The fourth-order valence-electron chi connectivity index (χ4n) is 2.81. The van der Waals surface area contributed by atoms with Gasteiger partial charge in [-0.25, -0.2) is 0 Å². The van der Waals surface area contributed by atoms with Gasteiger partial charge in [0.1, 0.15) is 6.04 Å². The van der Waals surface area contributed by atoms with Crippen molar-refractivity contribution in [2.24, 2.45) is 0 Å². The first-order valence-corrected chi connectivity index (χ1v) is 11.8. The van der Waals surface area contributed by atoms with Crippen molar-refractivity contribution in [3.8, 4) is 11.5 Å². The van der Waals surface area contributed by atoms with Crippen LogP contribution in [0.2, 0.25) is 0 Å². The number of carboxylic acid groups (broad SMARTS) is 1. The zero-order valence-corrected chi connectivity index (χ0v) is 20.1. The van der Waals surface area contributed by atoms with Gasteiger partial charge in [-0.1, -0.05) is 33.6 Å². The molecule has 0 aliphatic rings. The number of hydrogen-bond donors (Lipinski definition) is 3. The molecule has 2 rings (SSSR count). The largest absolute Gasteiger partial charge is 0.493 e. The minimum atomic E-state index is -0.909. The van der Waals surface area contributed by atoms with Crippen LogP contribution in [0.25, 0.3) is 0 Å². The Morgan fingerprint density at radius 3 is 2.52 bits per heavy atom. The molecule has 3 N–H and O–H groups in total. The second-order valence-electron chi connectivity index (χ2n) is 6.81. The van der Waals surface area contributed by atoms with Crippen LogP contribution < -0.4 is 20.1 Å². The van der Waals surface area contributed by atoms with Crippen LogP contribution in [-0.2, 0) is 16.1 Å². The molecule has 1 unspecified atom stereocenters. The van der Waals surface area contributed by atoms with Crippen LogP contribution in [0, 0.1) is 6.92 Å². The van der Waals surface area contributed by atoms with Crippen LogP contribution in [0.1, 0.15) is 17.5 Å². The Kier molecular flexibility index (Phi) is 10.2. The molecule has 1 atom stereocenters. The molecule has 2 aromatic carbocycles. The Balaban J connectivity index is 2.12. The Labute approximate surface area is 195 Å². The third kappa shape index (κ3) is 7.75. The minimum Gasteiger partial charge on any atom is -0.493 e. The van der Waals surface area contributed by atoms with Crippen molar-refractivity contribution in [2.75, 3.05) is 31.0 Å². The van der Waals surface area contributed by atoms with Gasteiger partial charge in [0, 0.05) is 22.3 Å². The number of methoxy groups -OCH3 is 1. The molecule has 0 spiro atoms. The van der Waals surface area contributed by atoms with Gasteiger partial charge >= 0.3 is 5.97 Å². The maximum atomic E-state index is 12.4. The van der Waals surface area contributed by atoms with Gasteiger partial charge in [0.25, 0.3) is 5.91 Å². The monoisotopic (exact) mass is 510 g/mol. The van der Waals surface area contributed by atoms with E-state index in [1.165, 1.54) is 7.11 Å². The number of nitrogens with one attached hydrogen (secondary N) is 2. The molecule has 9 heteroatoms. The van der Waals surface area contributed by atoms with Crippen molar-refractivity contribution >= 4 is 45.3 Å². The van der Waals surface area contributed by atoms with E-state index in [1.54, 1.807) is 23.9 Å². The maximum absolute atomic E-state index is 12.4. The Bertz CT molecular complexity index is 892. The average molecular weight is 511 g/mol. The van der Waals surface area contributed by atoms with Gasteiger partial charge in [-0.05, 0) is 49.6 Å². The molecule has 0 bridgehead atoms. The summed E-state index contributed by atoms with van der Waals surface area (Å²) < 4.78 is 11.9. The zero-order valence-electron chi connectivity index (χ0n) is 17.7. The van der Waals surface area contributed by atoms with Crippen molar-refractivity contribution < 1.29 is 24.2 Å². The number of thioether (sulfide) groups is 1. The number of aliphatic carboxylic acids is 1. The summed E-state index contributed by atoms with van der Waals surface area (Å²) >= 11 is 5.08. The van der Waals surface area contributed by atoms with E-state index in [9.17, 15) is 14.7 Å². The third-order valence-electron chi connectivity index (χ3n) is 4.50. The number of halogens is 1. The highest BCUT2D eigenvalue weighted by Gasteiger charge is 2.20. The van der Waals surface area contributed by atoms with Gasteiger partial charge in [0.15, 0.2) is 18.1 Å². The third-order valence-corrected chi connectivity index (χ3v) is 5.89. The molecule has 0 saturated carbocycles. The van der Waals surface area contributed by atoms with Gasteiger partial charge in [0.2, 0.25) is 0 Å². The Morgan fingerprint density at radius 1 is 1.19 bits per heavy atom. The lowest BCUT2D eigenvalue weighted by molar-refractivity contribution is -0.139. The molecule has 0 aliphatic carbocycles. The van der Waals surface area contributed by atoms with E-state index in [4.69, 9.17) is 9.47 Å². The molecular formula is C22H27BrN2O5S. The molecule has 31 heavy (non-hydrogen) atoms. The fraction of sp³-hybridized carbons (Fsp3) is 0.364. The highest BCUT2D eigenvalue weighted by Crippen LogP contribution is 2.36. The fourth-order valence-corrected chi connectivity index (χ4v) is 3.74. The van der Waals surface area contributed by atoms with Crippen LogP contribution in [0.15, 0.2) is 40.9 Å². The van der Waals surface area contributed by atoms with E-state index >= 15 is 0 Å². The summed E-state index contributed by atoms with van der Waals surface area (Å²) in [7, 11) is 1.51. The quantitative estimate of drug-likeness (QED) is 0.395. The summed E-state index contributed by atoms with van der Waals surface area (Å²) in [5, 5.41) is 15.3. The normalized spacial score (nSPS) is 11.6. The van der Waals surface area contributed by atoms with Gasteiger partial charge in [-0.15, -0.1) is 0 Å².